The summed E-state index contributed by atoms with van der Waals surface area (Å²) in [7, 11) is 0. The van der Waals surface area contributed by atoms with Crippen LogP contribution in [0.3, 0.4) is 0 Å². The van der Waals surface area contributed by atoms with Crippen LogP contribution in [-0.4, -0.2) is 23.3 Å². The first-order chi connectivity index (χ1) is 12.3. The van der Waals surface area contributed by atoms with Crippen molar-refractivity contribution in [3.63, 3.8) is 0 Å². The molecular weight excluding hydrogens is 433 g/mol. The molecule has 0 unspecified atom stereocenters. The van der Waals surface area contributed by atoms with E-state index < -0.39 is 23.3 Å². The van der Waals surface area contributed by atoms with E-state index in [9.17, 15) is 23.2 Å². The van der Waals surface area contributed by atoms with Crippen LogP contribution in [0.2, 0.25) is 0 Å². The summed E-state index contributed by atoms with van der Waals surface area (Å²) in [5.41, 5.74) is -1.16. The molecule has 9 heteroatoms. The fourth-order valence-corrected chi connectivity index (χ4v) is 3.12. The number of carbonyl (C=O) groups is 1. The summed E-state index contributed by atoms with van der Waals surface area (Å²) >= 11 is 4.00. The number of thioether (sulfide) groups is 1. The smallest absolute Gasteiger partial charge is 0.417 e. The lowest BCUT2D eigenvalue weighted by atomic mass is 10.1. The minimum Gasteiger partial charge on any atom is -0.465 e. The molecule has 0 spiro atoms. The highest BCUT2D eigenvalue weighted by atomic mass is 79.9. The highest BCUT2D eigenvalue weighted by Crippen LogP contribution is 2.38. The lowest BCUT2D eigenvalue weighted by Gasteiger charge is -2.14. The second kappa shape index (κ2) is 8.56. The molecule has 2 rings (SSSR count). The van der Waals surface area contributed by atoms with E-state index in [1.54, 1.807) is 37.3 Å². The molecule has 0 fully saturated rings. The largest absolute Gasteiger partial charge is 0.465 e. The molecule has 0 amide bonds. The van der Waals surface area contributed by atoms with E-state index >= 15 is 0 Å². The standard InChI is InChI=1S/C17H12BrF3N2O2S/c1-2-25-15(24)9-26-16-12(8-22)13(17(19,20)21)7-14(23-16)10-3-5-11(18)6-4-10/h3-7H,2,9H2,1H3. The summed E-state index contributed by atoms with van der Waals surface area (Å²) in [4.78, 5) is 15.7. The lowest BCUT2D eigenvalue weighted by Crippen LogP contribution is -2.12. The first-order valence-corrected chi connectivity index (χ1v) is 9.10. The van der Waals surface area contributed by atoms with Crippen LogP contribution in [0.15, 0.2) is 39.8 Å². The van der Waals surface area contributed by atoms with Gasteiger partial charge in [0.1, 0.15) is 11.1 Å². The van der Waals surface area contributed by atoms with Crippen molar-refractivity contribution in [1.82, 2.24) is 4.98 Å². The van der Waals surface area contributed by atoms with Gasteiger partial charge in [-0.05, 0) is 25.1 Å². The number of hydrogen-bond donors (Lipinski definition) is 0. The Bertz CT molecular complexity index is 849. The summed E-state index contributed by atoms with van der Waals surface area (Å²) in [5, 5.41) is 9.04. The average Bonchev–Trinajstić information content (AvgIpc) is 2.59. The van der Waals surface area contributed by atoms with E-state index in [0.29, 0.717) is 5.56 Å². The van der Waals surface area contributed by atoms with Gasteiger partial charge in [0.25, 0.3) is 0 Å². The number of halogens is 4. The third kappa shape index (κ3) is 4.99. The van der Waals surface area contributed by atoms with Gasteiger partial charge in [-0.2, -0.15) is 18.4 Å². The van der Waals surface area contributed by atoms with Gasteiger partial charge in [0.05, 0.1) is 29.2 Å². The molecule has 2 aromatic rings. The van der Waals surface area contributed by atoms with Crippen LogP contribution in [-0.2, 0) is 15.7 Å². The highest BCUT2D eigenvalue weighted by Gasteiger charge is 2.36. The van der Waals surface area contributed by atoms with Gasteiger partial charge in [0.2, 0.25) is 0 Å². The molecule has 0 bridgehead atoms. The molecule has 1 heterocycles. The predicted octanol–water partition coefficient (Wildman–Crippen LogP) is 5.06. The number of esters is 1. The quantitative estimate of drug-likeness (QED) is 0.476. The fourth-order valence-electron chi connectivity index (χ4n) is 2.06. The Morgan fingerprint density at radius 2 is 2.00 bits per heavy atom. The van der Waals surface area contributed by atoms with E-state index in [2.05, 4.69) is 20.9 Å². The normalized spacial score (nSPS) is 11.1. The number of rotatable bonds is 5. The Morgan fingerprint density at radius 1 is 1.35 bits per heavy atom. The Hall–Kier alpha value is -2.05. The zero-order valence-electron chi connectivity index (χ0n) is 13.4. The van der Waals surface area contributed by atoms with Crippen LogP contribution in [0.25, 0.3) is 11.3 Å². The number of pyridine rings is 1. The van der Waals surface area contributed by atoms with Crippen molar-refractivity contribution in [3.8, 4) is 17.3 Å². The Balaban J connectivity index is 2.53. The summed E-state index contributed by atoms with van der Waals surface area (Å²) in [5.74, 6) is -0.831. The van der Waals surface area contributed by atoms with Crippen molar-refractivity contribution in [2.45, 2.75) is 18.1 Å². The van der Waals surface area contributed by atoms with Gasteiger partial charge in [0.15, 0.2) is 0 Å². The first-order valence-electron chi connectivity index (χ1n) is 7.33. The molecule has 136 valence electrons. The topological polar surface area (TPSA) is 63.0 Å². The zero-order chi connectivity index (χ0) is 19.3. The second-order valence-electron chi connectivity index (χ2n) is 4.95. The molecular formula is C17H12BrF3N2O2S. The summed E-state index contributed by atoms with van der Waals surface area (Å²) < 4.78 is 45.8. The van der Waals surface area contributed by atoms with Crippen molar-refractivity contribution >= 4 is 33.7 Å². The van der Waals surface area contributed by atoms with Crippen molar-refractivity contribution in [3.05, 3.63) is 45.9 Å². The third-order valence-corrected chi connectivity index (χ3v) is 4.65. The number of nitriles is 1. The number of benzene rings is 1. The first kappa shape index (κ1) is 20.3. The molecule has 0 aliphatic rings. The number of nitrogens with zero attached hydrogens (tertiary/aromatic N) is 2. The SMILES string of the molecule is CCOC(=O)CSc1nc(-c2ccc(Br)cc2)cc(C(F)(F)F)c1C#N. The zero-order valence-corrected chi connectivity index (χ0v) is 15.8. The van der Waals surface area contributed by atoms with Crippen LogP contribution in [0, 0.1) is 11.3 Å². The van der Waals surface area contributed by atoms with Crippen LogP contribution in [0.5, 0.6) is 0 Å². The lowest BCUT2D eigenvalue weighted by molar-refractivity contribution is -0.140. The van der Waals surface area contributed by atoms with Crippen LogP contribution < -0.4 is 0 Å². The van der Waals surface area contributed by atoms with E-state index in [1.807, 2.05) is 0 Å². The Morgan fingerprint density at radius 3 is 2.54 bits per heavy atom. The number of ether oxygens (including phenoxy) is 1. The average molecular weight is 445 g/mol. The van der Waals surface area contributed by atoms with Gasteiger partial charge in [-0.25, -0.2) is 4.98 Å². The minimum absolute atomic E-state index is 0.0650. The van der Waals surface area contributed by atoms with E-state index in [0.717, 1.165) is 22.3 Å². The molecule has 0 atom stereocenters. The molecule has 26 heavy (non-hydrogen) atoms. The van der Waals surface area contributed by atoms with Gasteiger partial charge < -0.3 is 4.74 Å². The third-order valence-electron chi connectivity index (χ3n) is 3.18. The Labute approximate surface area is 160 Å². The maximum Gasteiger partial charge on any atom is 0.417 e. The molecule has 0 radical (unpaired) electrons. The number of aromatic nitrogens is 1. The molecule has 0 saturated carbocycles. The van der Waals surface area contributed by atoms with Gasteiger partial charge in [-0.1, -0.05) is 39.8 Å². The maximum absolute atomic E-state index is 13.4. The predicted molar refractivity (Wildman–Crippen MR) is 94.4 cm³/mol. The van der Waals surface area contributed by atoms with Crippen molar-refractivity contribution in [2.24, 2.45) is 0 Å². The van der Waals surface area contributed by atoms with Crippen LogP contribution in [0.1, 0.15) is 18.1 Å². The molecule has 0 aliphatic heterocycles. The van der Waals surface area contributed by atoms with Gasteiger partial charge in [0, 0.05) is 10.0 Å². The fraction of sp³-hybridized carbons (Fsp3) is 0.235. The van der Waals surface area contributed by atoms with E-state index in [1.165, 1.54) is 0 Å². The molecule has 1 aromatic carbocycles. The molecule has 0 saturated heterocycles. The number of hydrogen-bond acceptors (Lipinski definition) is 5. The number of alkyl halides is 3. The van der Waals surface area contributed by atoms with Gasteiger partial charge >= 0.3 is 12.1 Å². The van der Waals surface area contributed by atoms with Crippen LogP contribution in [0.4, 0.5) is 13.2 Å². The van der Waals surface area contributed by atoms with Gasteiger partial charge in [-0.3, -0.25) is 4.79 Å². The molecule has 0 aliphatic carbocycles. The summed E-state index contributed by atoms with van der Waals surface area (Å²) in [6.07, 6.45) is -4.72. The van der Waals surface area contributed by atoms with Crippen LogP contribution >= 0.6 is 27.7 Å². The van der Waals surface area contributed by atoms with Crippen molar-refractivity contribution in [2.75, 3.05) is 12.4 Å². The molecule has 4 nitrogen and oxygen atoms in total. The van der Waals surface area contributed by atoms with Crippen molar-refractivity contribution < 1.29 is 22.7 Å². The summed E-state index contributed by atoms with van der Waals surface area (Å²) in [6.45, 7) is 1.78. The molecule has 1 aromatic heterocycles. The highest BCUT2D eigenvalue weighted by molar-refractivity contribution is 9.10. The minimum atomic E-state index is -4.72. The summed E-state index contributed by atoms with van der Waals surface area (Å²) in [6, 6.07) is 8.96. The maximum atomic E-state index is 13.4. The van der Waals surface area contributed by atoms with E-state index in [-0.39, 0.29) is 23.1 Å². The molecule has 0 N–H and O–H groups in total. The van der Waals surface area contributed by atoms with Gasteiger partial charge in [-0.15, -0.1) is 0 Å². The Kier molecular flexibility index (Phi) is 6.67. The van der Waals surface area contributed by atoms with E-state index in [4.69, 9.17) is 4.74 Å². The van der Waals surface area contributed by atoms with Crippen molar-refractivity contribution in [1.29, 1.82) is 5.26 Å². The number of carbonyl (C=O) groups excluding carboxylic acids is 1. The monoisotopic (exact) mass is 444 g/mol. The second-order valence-corrected chi connectivity index (χ2v) is 6.83.